The molecule has 0 aromatic rings. The molecule has 0 bridgehead atoms. The summed E-state index contributed by atoms with van der Waals surface area (Å²) < 4.78 is 10.7. The van der Waals surface area contributed by atoms with Gasteiger partial charge in [0.15, 0.2) is 0 Å². The molecule has 0 saturated heterocycles. The minimum absolute atomic E-state index is 0.0579. The third-order valence-electron chi connectivity index (χ3n) is 3.22. The topological polar surface area (TPSA) is 71.0 Å². The zero-order valence-corrected chi connectivity index (χ0v) is 12.7. The number of β-amino-alcohol motifs (C(OH)–C–C–N with tert-alkyl or cyclic N) is 1. The molecule has 0 aliphatic heterocycles. The van der Waals surface area contributed by atoms with Gasteiger partial charge in [0.2, 0.25) is 0 Å². The van der Waals surface area contributed by atoms with Crippen LogP contribution in [0.25, 0.3) is 0 Å². The van der Waals surface area contributed by atoms with Crippen molar-refractivity contribution in [2.24, 2.45) is 0 Å². The predicted molar refractivity (Wildman–Crippen MR) is 76.3 cm³/mol. The lowest BCUT2D eigenvalue weighted by Crippen LogP contribution is -2.48. The fourth-order valence-corrected chi connectivity index (χ4v) is 1.40. The summed E-state index contributed by atoms with van der Waals surface area (Å²) in [5.41, 5.74) is -0.329. The van der Waals surface area contributed by atoms with Gasteiger partial charge in [0.1, 0.15) is 0 Å². The Kier molecular flexibility index (Phi) is 11.5. The van der Waals surface area contributed by atoms with Crippen molar-refractivity contribution >= 4 is 0 Å². The van der Waals surface area contributed by atoms with Gasteiger partial charge in [-0.2, -0.15) is 0 Å². The molecule has 3 N–H and O–H groups in total. The second-order valence-electron chi connectivity index (χ2n) is 5.15. The van der Waals surface area contributed by atoms with Crippen LogP contribution in [0, 0.1) is 0 Å². The fourth-order valence-electron chi connectivity index (χ4n) is 1.40. The molecule has 19 heavy (non-hydrogen) atoms. The summed E-state index contributed by atoms with van der Waals surface area (Å²) in [5, 5.41) is 22.1. The molecule has 116 valence electrons. The van der Waals surface area contributed by atoms with Crippen LogP contribution < -0.4 is 5.32 Å². The van der Waals surface area contributed by atoms with Crippen molar-refractivity contribution in [2.75, 3.05) is 39.6 Å². The number of aliphatic hydroxyl groups excluding tert-OH is 2. The van der Waals surface area contributed by atoms with Crippen molar-refractivity contribution in [1.82, 2.24) is 5.32 Å². The van der Waals surface area contributed by atoms with Gasteiger partial charge < -0.3 is 25.0 Å². The Hall–Kier alpha value is -0.200. The molecule has 0 amide bonds. The summed E-state index contributed by atoms with van der Waals surface area (Å²) in [4.78, 5) is 0. The molecule has 0 saturated carbocycles. The molecule has 0 heterocycles. The van der Waals surface area contributed by atoms with Gasteiger partial charge in [-0.25, -0.2) is 0 Å². The lowest BCUT2D eigenvalue weighted by molar-refractivity contribution is 0.000499. The first-order valence-electron chi connectivity index (χ1n) is 7.27. The van der Waals surface area contributed by atoms with Gasteiger partial charge >= 0.3 is 0 Å². The van der Waals surface area contributed by atoms with E-state index in [4.69, 9.17) is 9.47 Å². The molecule has 0 aliphatic rings. The Bertz CT molecular complexity index is 198. The van der Waals surface area contributed by atoms with Crippen LogP contribution in [-0.4, -0.2) is 61.4 Å². The van der Waals surface area contributed by atoms with Crippen LogP contribution in [0.5, 0.6) is 0 Å². The van der Waals surface area contributed by atoms with E-state index in [1.165, 1.54) is 0 Å². The van der Waals surface area contributed by atoms with Gasteiger partial charge in [-0.3, -0.25) is 0 Å². The molecule has 0 aliphatic carbocycles. The van der Waals surface area contributed by atoms with Crippen molar-refractivity contribution in [3.8, 4) is 0 Å². The van der Waals surface area contributed by atoms with Gasteiger partial charge in [0, 0.05) is 18.7 Å². The minimum atomic E-state index is -0.562. The first-order chi connectivity index (χ1) is 9.08. The van der Waals surface area contributed by atoms with Crippen molar-refractivity contribution in [3.05, 3.63) is 0 Å². The summed E-state index contributed by atoms with van der Waals surface area (Å²) in [5.74, 6) is 0. The second kappa shape index (κ2) is 11.6. The molecule has 0 radical (unpaired) electrons. The van der Waals surface area contributed by atoms with E-state index in [9.17, 15) is 10.2 Å². The van der Waals surface area contributed by atoms with E-state index in [1.807, 2.05) is 13.8 Å². The number of rotatable bonds is 13. The SMILES string of the molecule is CCCCOCCOCC(O)CNC(C)(CC)CO. The Labute approximate surface area is 117 Å². The van der Waals surface area contributed by atoms with Gasteiger partial charge in [-0.1, -0.05) is 20.3 Å². The number of hydrogen-bond donors (Lipinski definition) is 3. The third-order valence-corrected chi connectivity index (χ3v) is 3.22. The Morgan fingerprint density at radius 3 is 2.42 bits per heavy atom. The lowest BCUT2D eigenvalue weighted by Gasteiger charge is -2.28. The molecular weight excluding hydrogens is 246 g/mol. The highest BCUT2D eigenvalue weighted by Gasteiger charge is 2.20. The van der Waals surface area contributed by atoms with Crippen LogP contribution in [0.2, 0.25) is 0 Å². The van der Waals surface area contributed by atoms with Gasteiger partial charge in [-0.15, -0.1) is 0 Å². The number of aliphatic hydroxyl groups is 2. The second-order valence-corrected chi connectivity index (χ2v) is 5.15. The van der Waals surface area contributed by atoms with E-state index in [0.29, 0.717) is 19.8 Å². The van der Waals surface area contributed by atoms with Crippen molar-refractivity contribution in [2.45, 2.75) is 51.7 Å². The summed E-state index contributed by atoms with van der Waals surface area (Å²) >= 11 is 0. The maximum atomic E-state index is 9.73. The smallest absolute Gasteiger partial charge is 0.0897 e. The Morgan fingerprint density at radius 1 is 1.16 bits per heavy atom. The molecule has 0 rings (SSSR count). The molecule has 0 aromatic carbocycles. The Morgan fingerprint density at radius 2 is 1.84 bits per heavy atom. The number of nitrogens with one attached hydrogen (secondary N) is 1. The highest BCUT2D eigenvalue weighted by molar-refractivity contribution is 4.81. The van der Waals surface area contributed by atoms with Gasteiger partial charge in [0.05, 0.1) is 32.5 Å². The molecule has 5 nitrogen and oxygen atoms in total. The summed E-state index contributed by atoms with van der Waals surface area (Å²) in [6, 6.07) is 0. The maximum absolute atomic E-state index is 9.73. The first kappa shape index (κ1) is 18.8. The molecule has 0 spiro atoms. The van der Waals surface area contributed by atoms with Crippen LogP contribution in [0.3, 0.4) is 0 Å². The molecular formula is C14H31NO4. The molecule has 2 atom stereocenters. The van der Waals surface area contributed by atoms with Crippen molar-refractivity contribution < 1.29 is 19.7 Å². The maximum Gasteiger partial charge on any atom is 0.0897 e. The first-order valence-corrected chi connectivity index (χ1v) is 7.27. The predicted octanol–water partition coefficient (Wildman–Crippen LogP) is 0.931. The van der Waals surface area contributed by atoms with Gasteiger partial charge in [0.25, 0.3) is 0 Å². The monoisotopic (exact) mass is 277 g/mol. The quantitative estimate of drug-likeness (QED) is 0.437. The minimum Gasteiger partial charge on any atom is -0.394 e. The van der Waals surface area contributed by atoms with Crippen LogP contribution in [0.1, 0.15) is 40.0 Å². The zero-order chi connectivity index (χ0) is 14.6. The van der Waals surface area contributed by atoms with Gasteiger partial charge in [-0.05, 0) is 19.8 Å². The molecule has 0 aromatic heterocycles. The van der Waals surface area contributed by atoms with Crippen LogP contribution >= 0.6 is 0 Å². The van der Waals surface area contributed by atoms with E-state index in [0.717, 1.165) is 25.9 Å². The largest absolute Gasteiger partial charge is 0.394 e. The van der Waals surface area contributed by atoms with Crippen molar-refractivity contribution in [1.29, 1.82) is 0 Å². The molecule has 2 unspecified atom stereocenters. The van der Waals surface area contributed by atoms with E-state index >= 15 is 0 Å². The van der Waals surface area contributed by atoms with Crippen LogP contribution in [0.4, 0.5) is 0 Å². The van der Waals surface area contributed by atoms with E-state index in [-0.39, 0.29) is 18.8 Å². The average Bonchev–Trinajstić information content (AvgIpc) is 2.44. The number of ether oxygens (including phenoxy) is 2. The standard InChI is InChI=1S/C14H31NO4/c1-4-6-7-18-8-9-19-11-13(17)10-15-14(3,5-2)12-16/h13,15-17H,4-12H2,1-3H3. The van der Waals surface area contributed by atoms with Crippen LogP contribution in [-0.2, 0) is 9.47 Å². The molecule has 0 fully saturated rings. The summed E-state index contributed by atoms with van der Waals surface area (Å²) in [6.45, 7) is 8.67. The summed E-state index contributed by atoms with van der Waals surface area (Å²) in [7, 11) is 0. The van der Waals surface area contributed by atoms with E-state index < -0.39 is 6.10 Å². The number of unbranched alkanes of at least 4 members (excludes halogenated alkanes) is 1. The Balaban J connectivity index is 3.46. The fraction of sp³-hybridized carbons (Fsp3) is 1.00. The molecule has 5 heteroatoms. The summed E-state index contributed by atoms with van der Waals surface area (Å²) in [6.07, 6.45) is 2.45. The highest BCUT2D eigenvalue weighted by Crippen LogP contribution is 2.07. The van der Waals surface area contributed by atoms with Crippen LogP contribution in [0.15, 0.2) is 0 Å². The lowest BCUT2D eigenvalue weighted by atomic mass is 10.0. The average molecular weight is 277 g/mol. The zero-order valence-electron chi connectivity index (χ0n) is 12.7. The van der Waals surface area contributed by atoms with E-state index in [2.05, 4.69) is 12.2 Å². The number of hydrogen-bond acceptors (Lipinski definition) is 5. The normalized spacial score (nSPS) is 16.3. The third kappa shape index (κ3) is 10.3. The highest BCUT2D eigenvalue weighted by atomic mass is 16.5. The van der Waals surface area contributed by atoms with E-state index in [1.54, 1.807) is 0 Å². The van der Waals surface area contributed by atoms with Crippen molar-refractivity contribution in [3.63, 3.8) is 0 Å².